The summed E-state index contributed by atoms with van der Waals surface area (Å²) in [6.07, 6.45) is 4.19. The number of aromatic amines is 1. The summed E-state index contributed by atoms with van der Waals surface area (Å²) in [5, 5.41) is 25.3. The van der Waals surface area contributed by atoms with Crippen LogP contribution < -0.4 is 27.4 Å². The molecule has 1 heterocycles. The Kier molecular flexibility index (Phi) is 11.0. The van der Waals surface area contributed by atoms with E-state index in [2.05, 4.69) is 25.9 Å². The Morgan fingerprint density at radius 3 is 2.43 bits per heavy atom. The number of nitrogens with two attached hydrogens (primary N) is 2. The van der Waals surface area contributed by atoms with Crippen molar-refractivity contribution in [2.75, 3.05) is 19.7 Å². The van der Waals surface area contributed by atoms with Crippen molar-refractivity contribution in [3.05, 3.63) is 18.2 Å². The molecule has 0 aliphatic rings. The minimum absolute atomic E-state index is 0.0142. The highest BCUT2D eigenvalue weighted by Crippen LogP contribution is 2.04. The van der Waals surface area contributed by atoms with Gasteiger partial charge in [-0.15, -0.1) is 0 Å². The SMILES string of the molecule is NCCCCC(NC(=O)CNC(=O)C(N)CO)C(=O)NC(Cc1cnc[nH]1)C(=O)O. The summed E-state index contributed by atoms with van der Waals surface area (Å²) in [5.41, 5.74) is 11.3. The monoisotopic (exact) mass is 427 g/mol. The summed E-state index contributed by atoms with van der Waals surface area (Å²) in [5.74, 6) is -3.30. The number of aliphatic carboxylic acids is 1. The second kappa shape index (κ2) is 13.2. The predicted molar refractivity (Wildman–Crippen MR) is 105 cm³/mol. The number of rotatable bonds is 14. The van der Waals surface area contributed by atoms with Gasteiger partial charge in [-0.25, -0.2) is 9.78 Å². The lowest BCUT2D eigenvalue weighted by molar-refractivity contribution is -0.142. The number of imidazole rings is 1. The van der Waals surface area contributed by atoms with Gasteiger partial charge in [-0.05, 0) is 25.8 Å². The molecule has 0 saturated carbocycles. The molecule has 3 atom stereocenters. The smallest absolute Gasteiger partial charge is 0.326 e. The van der Waals surface area contributed by atoms with E-state index < -0.39 is 55.0 Å². The van der Waals surface area contributed by atoms with Crippen LogP contribution >= 0.6 is 0 Å². The van der Waals surface area contributed by atoms with E-state index in [0.717, 1.165) is 0 Å². The van der Waals surface area contributed by atoms with Crippen molar-refractivity contribution in [1.82, 2.24) is 25.9 Å². The van der Waals surface area contributed by atoms with E-state index in [1.165, 1.54) is 12.5 Å². The molecule has 3 amide bonds. The number of nitrogens with one attached hydrogen (secondary N) is 4. The highest BCUT2D eigenvalue weighted by atomic mass is 16.4. The number of hydrogen-bond donors (Lipinski definition) is 8. The van der Waals surface area contributed by atoms with E-state index in [1.54, 1.807) is 0 Å². The second-order valence-corrected chi connectivity index (χ2v) is 6.59. The fraction of sp³-hybridized carbons (Fsp3) is 0.588. The third-order valence-electron chi connectivity index (χ3n) is 4.15. The lowest BCUT2D eigenvalue weighted by Crippen LogP contribution is -2.54. The molecule has 0 aliphatic carbocycles. The van der Waals surface area contributed by atoms with Gasteiger partial charge in [0.1, 0.15) is 18.1 Å². The quantitative estimate of drug-likeness (QED) is 0.138. The van der Waals surface area contributed by atoms with Gasteiger partial charge in [0.25, 0.3) is 0 Å². The van der Waals surface area contributed by atoms with E-state index in [0.29, 0.717) is 25.1 Å². The van der Waals surface area contributed by atoms with Crippen LogP contribution in [0.1, 0.15) is 25.0 Å². The van der Waals surface area contributed by atoms with Crippen LogP contribution in [-0.4, -0.2) is 81.7 Å². The summed E-state index contributed by atoms with van der Waals surface area (Å²) in [6.45, 7) is -0.636. The third kappa shape index (κ3) is 8.98. The summed E-state index contributed by atoms with van der Waals surface area (Å²) in [6, 6.07) is -3.41. The summed E-state index contributed by atoms with van der Waals surface area (Å²) in [7, 11) is 0. The first-order valence-electron chi connectivity index (χ1n) is 9.42. The van der Waals surface area contributed by atoms with Crippen molar-refractivity contribution < 1.29 is 29.4 Å². The fourth-order valence-corrected chi connectivity index (χ4v) is 2.48. The summed E-state index contributed by atoms with van der Waals surface area (Å²) >= 11 is 0. The maximum absolute atomic E-state index is 12.6. The van der Waals surface area contributed by atoms with Crippen LogP contribution in [0.3, 0.4) is 0 Å². The first-order valence-corrected chi connectivity index (χ1v) is 9.42. The fourth-order valence-electron chi connectivity index (χ4n) is 2.48. The molecule has 10 N–H and O–H groups in total. The molecule has 3 unspecified atom stereocenters. The largest absolute Gasteiger partial charge is 0.480 e. The van der Waals surface area contributed by atoms with Crippen LogP contribution in [0.15, 0.2) is 12.5 Å². The molecule has 0 saturated heterocycles. The molecule has 0 aromatic carbocycles. The molecule has 168 valence electrons. The standard InChI is InChI=1S/C17H29N7O6/c18-4-2-1-3-12(23-14(26)7-21-15(27)11(19)8-25)16(28)24-13(17(29)30)5-10-6-20-9-22-10/h6,9,11-13,25H,1-5,7-8,18-19H2,(H,20,22)(H,21,27)(H,23,26)(H,24,28)(H,29,30). The Morgan fingerprint density at radius 2 is 1.87 bits per heavy atom. The average molecular weight is 427 g/mol. The van der Waals surface area contributed by atoms with Crippen LogP contribution in [0.2, 0.25) is 0 Å². The van der Waals surface area contributed by atoms with Crippen LogP contribution in [0.5, 0.6) is 0 Å². The number of unbranched alkanes of at least 4 members (excludes halogenated alkanes) is 1. The van der Waals surface area contributed by atoms with Crippen molar-refractivity contribution in [2.24, 2.45) is 11.5 Å². The first kappa shape index (κ1) is 25.0. The maximum Gasteiger partial charge on any atom is 0.326 e. The minimum Gasteiger partial charge on any atom is -0.480 e. The Labute approximate surface area is 173 Å². The van der Waals surface area contributed by atoms with Gasteiger partial charge in [0.05, 0.1) is 19.5 Å². The van der Waals surface area contributed by atoms with E-state index >= 15 is 0 Å². The average Bonchev–Trinajstić information content (AvgIpc) is 3.23. The molecule has 13 nitrogen and oxygen atoms in total. The first-order chi connectivity index (χ1) is 14.3. The molecule has 30 heavy (non-hydrogen) atoms. The van der Waals surface area contributed by atoms with E-state index in [4.69, 9.17) is 16.6 Å². The molecule has 0 bridgehead atoms. The predicted octanol–water partition coefficient (Wildman–Crippen LogP) is -3.43. The molecule has 13 heteroatoms. The van der Waals surface area contributed by atoms with Crippen molar-refractivity contribution in [3.8, 4) is 0 Å². The second-order valence-electron chi connectivity index (χ2n) is 6.59. The number of hydrogen-bond acceptors (Lipinski definition) is 8. The van der Waals surface area contributed by atoms with Crippen molar-refractivity contribution >= 4 is 23.7 Å². The lowest BCUT2D eigenvalue weighted by atomic mass is 10.1. The zero-order valence-corrected chi connectivity index (χ0v) is 16.5. The van der Waals surface area contributed by atoms with Crippen LogP contribution in [0, 0.1) is 0 Å². The molecule has 0 radical (unpaired) electrons. The number of H-pyrrole nitrogens is 1. The Balaban J connectivity index is 2.71. The van der Waals surface area contributed by atoms with Gasteiger partial charge >= 0.3 is 5.97 Å². The van der Waals surface area contributed by atoms with Crippen molar-refractivity contribution in [3.63, 3.8) is 0 Å². The molecule has 0 spiro atoms. The lowest BCUT2D eigenvalue weighted by Gasteiger charge is -2.21. The number of carbonyl (C=O) groups is 4. The highest BCUT2D eigenvalue weighted by molar-refractivity contribution is 5.92. The highest BCUT2D eigenvalue weighted by Gasteiger charge is 2.27. The maximum atomic E-state index is 12.6. The van der Waals surface area contributed by atoms with E-state index in [1.807, 2.05) is 0 Å². The number of aliphatic hydroxyl groups is 1. The van der Waals surface area contributed by atoms with Crippen LogP contribution in [0.25, 0.3) is 0 Å². The van der Waals surface area contributed by atoms with Gasteiger partial charge in [-0.3, -0.25) is 14.4 Å². The molecular formula is C17H29N7O6. The number of aromatic nitrogens is 2. The van der Waals surface area contributed by atoms with Gasteiger partial charge in [0, 0.05) is 18.3 Å². The van der Waals surface area contributed by atoms with Gasteiger partial charge in [0.2, 0.25) is 17.7 Å². The number of amides is 3. The topological polar surface area (TPSA) is 226 Å². The number of carboxylic acids is 1. The number of carboxylic acid groups (broad SMARTS) is 1. The zero-order valence-electron chi connectivity index (χ0n) is 16.5. The Bertz CT molecular complexity index is 697. The number of nitrogens with zero attached hydrogens (tertiary/aromatic N) is 1. The summed E-state index contributed by atoms with van der Waals surface area (Å²) in [4.78, 5) is 54.3. The van der Waals surface area contributed by atoms with Gasteiger partial charge < -0.3 is 42.6 Å². The van der Waals surface area contributed by atoms with E-state index in [9.17, 15) is 24.3 Å². The minimum atomic E-state index is -1.24. The zero-order chi connectivity index (χ0) is 22.5. The molecule has 0 fully saturated rings. The molecule has 1 rings (SSSR count). The summed E-state index contributed by atoms with van der Waals surface area (Å²) < 4.78 is 0. The van der Waals surface area contributed by atoms with Crippen molar-refractivity contribution in [1.29, 1.82) is 0 Å². The Hall–Kier alpha value is -3.03. The molecule has 1 aromatic heterocycles. The van der Waals surface area contributed by atoms with Crippen LogP contribution in [-0.2, 0) is 25.6 Å². The van der Waals surface area contributed by atoms with Crippen molar-refractivity contribution in [2.45, 2.75) is 43.8 Å². The van der Waals surface area contributed by atoms with Gasteiger partial charge in [-0.2, -0.15) is 0 Å². The van der Waals surface area contributed by atoms with Crippen LogP contribution in [0.4, 0.5) is 0 Å². The molecular weight excluding hydrogens is 398 g/mol. The molecule has 1 aromatic rings. The Morgan fingerprint density at radius 1 is 1.13 bits per heavy atom. The number of aliphatic hydroxyl groups excluding tert-OH is 1. The number of carbonyl (C=O) groups excluding carboxylic acids is 3. The van der Waals surface area contributed by atoms with E-state index in [-0.39, 0.29) is 12.8 Å². The molecule has 0 aliphatic heterocycles. The third-order valence-corrected chi connectivity index (χ3v) is 4.15. The van der Waals surface area contributed by atoms with Gasteiger partial charge in [-0.1, -0.05) is 0 Å². The van der Waals surface area contributed by atoms with Gasteiger partial charge in [0.15, 0.2) is 0 Å². The normalized spacial score (nSPS) is 13.7.